The van der Waals surface area contributed by atoms with Crippen LogP contribution in [0, 0.1) is 0 Å². The van der Waals surface area contributed by atoms with Gasteiger partial charge in [-0.05, 0) is 39.5 Å². The lowest BCUT2D eigenvalue weighted by Crippen LogP contribution is -2.43. The van der Waals surface area contributed by atoms with Gasteiger partial charge < -0.3 is 19.6 Å². The van der Waals surface area contributed by atoms with Crippen LogP contribution in [-0.2, 0) is 14.3 Å². The fourth-order valence-corrected chi connectivity index (χ4v) is 4.22. The van der Waals surface area contributed by atoms with Crippen molar-refractivity contribution >= 4 is 18.0 Å². The van der Waals surface area contributed by atoms with Gasteiger partial charge >= 0.3 is 24.1 Å². The van der Waals surface area contributed by atoms with Crippen LogP contribution in [0.25, 0.3) is 0 Å². The van der Waals surface area contributed by atoms with Crippen molar-refractivity contribution in [3.63, 3.8) is 0 Å². The number of rotatable bonds is 3. The van der Waals surface area contributed by atoms with Crippen LogP contribution in [0.15, 0.2) is 0 Å². The lowest BCUT2D eigenvalue weighted by molar-refractivity contribution is -0.192. The molecule has 0 aromatic rings. The molecule has 3 heterocycles. The van der Waals surface area contributed by atoms with Crippen molar-refractivity contribution < 1.29 is 37.4 Å². The van der Waals surface area contributed by atoms with Gasteiger partial charge in [-0.25, -0.2) is 9.59 Å². The van der Waals surface area contributed by atoms with Gasteiger partial charge in [-0.2, -0.15) is 13.2 Å². The molecule has 3 saturated heterocycles. The molecule has 0 saturated carbocycles. The van der Waals surface area contributed by atoms with Crippen molar-refractivity contribution in [1.29, 1.82) is 0 Å². The van der Waals surface area contributed by atoms with E-state index >= 15 is 0 Å². The smallest absolute Gasteiger partial charge is 0.475 e. The number of hydrogen-bond donors (Lipinski definition) is 1. The number of carbonyl (C=O) groups excluding carboxylic acids is 2. The summed E-state index contributed by atoms with van der Waals surface area (Å²) in [7, 11) is 1.44. The van der Waals surface area contributed by atoms with E-state index in [9.17, 15) is 22.8 Å². The normalized spacial score (nSPS) is 27.6. The van der Waals surface area contributed by atoms with E-state index in [-0.39, 0.29) is 30.1 Å². The molecule has 0 aliphatic carbocycles. The number of alkyl halides is 3. The van der Waals surface area contributed by atoms with E-state index in [1.54, 1.807) is 0 Å². The summed E-state index contributed by atoms with van der Waals surface area (Å²) in [6.07, 6.45) is -0.944. The number of aliphatic carboxylic acids is 1. The van der Waals surface area contributed by atoms with Crippen LogP contribution in [0.2, 0.25) is 0 Å². The number of carboxylic acid groups (broad SMARTS) is 1. The number of ether oxygens (including phenoxy) is 1. The minimum Gasteiger partial charge on any atom is -0.475 e. The molecule has 166 valence electrons. The first-order valence-corrected chi connectivity index (χ1v) is 9.68. The largest absolute Gasteiger partial charge is 0.490 e. The number of carbonyl (C=O) groups is 3. The van der Waals surface area contributed by atoms with E-state index in [0.29, 0.717) is 12.5 Å². The molecule has 0 aromatic heterocycles. The van der Waals surface area contributed by atoms with Crippen molar-refractivity contribution in [3.05, 3.63) is 0 Å². The molecule has 0 aromatic carbocycles. The maximum absolute atomic E-state index is 12.7. The van der Waals surface area contributed by atoms with E-state index in [4.69, 9.17) is 14.6 Å². The Kier molecular flexibility index (Phi) is 7.36. The van der Waals surface area contributed by atoms with Gasteiger partial charge in [-0.15, -0.1) is 0 Å². The molecule has 0 unspecified atom stereocenters. The first kappa shape index (κ1) is 23.2. The lowest BCUT2D eigenvalue weighted by atomic mass is 10.0. The molecular formula is C18H28F3N3O5. The molecule has 3 aliphatic heterocycles. The van der Waals surface area contributed by atoms with E-state index < -0.39 is 12.1 Å². The Morgan fingerprint density at radius 2 is 1.76 bits per heavy atom. The molecule has 2 amide bonds. The zero-order valence-corrected chi connectivity index (χ0v) is 16.8. The number of hydrogen-bond acceptors (Lipinski definition) is 5. The standard InChI is InChI=1S/C16H27N3O3.C2HF3O2/c1-11(2)18-10-13(8-14(18)15(20)22-3)19-9-12-6-4-5-7-17(12)16(19)21;3-2(4,5)1(6)7/h11-14H,4-10H2,1-3H3;(H,6,7)/t12-,13-,14+;/m0./s1. The average Bonchev–Trinajstić information content (AvgIpc) is 3.23. The minimum atomic E-state index is -5.08. The van der Waals surface area contributed by atoms with Gasteiger partial charge in [0.15, 0.2) is 0 Å². The number of piperidine rings is 1. The summed E-state index contributed by atoms with van der Waals surface area (Å²) in [5, 5.41) is 7.12. The number of halogens is 3. The fourth-order valence-electron chi connectivity index (χ4n) is 4.22. The van der Waals surface area contributed by atoms with Gasteiger partial charge in [-0.3, -0.25) is 9.69 Å². The Hall–Kier alpha value is -2.04. The Morgan fingerprint density at radius 3 is 2.24 bits per heavy atom. The zero-order valence-electron chi connectivity index (χ0n) is 16.8. The number of fused-ring (bicyclic) bond motifs is 1. The van der Waals surface area contributed by atoms with E-state index in [0.717, 1.165) is 32.5 Å². The maximum atomic E-state index is 12.7. The second-order valence-corrected chi connectivity index (χ2v) is 7.80. The predicted molar refractivity (Wildman–Crippen MR) is 96.2 cm³/mol. The van der Waals surface area contributed by atoms with Crippen LogP contribution in [0.1, 0.15) is 39.5 Å². The summed E-state index contributed by atoms with van der Waals surface area (Å²) in [6.45, 7) is 6.66. The number of urea groups is 1. The minimum absolute atomic E-state index is 0.129. The number of esters is 1. The Labute approximate surface area is 167 Å². The highest BCUT2D eigenvalue weighted by Gasteiger charge is 2.47. The number of methoxy groups -OCH3 is 1. The van der Waals surface area contributed by atoms with Gasteiger partial charge in [0.25, 0.3) is 0 Å². The first-order valence-electron chi connectivity index (χ1n) is 9.68. The molecule has 8 nitrogen and oxygen atoms in total. The van der Waals surface area contributed by atoms with Gasteiger partial charge in [0.1, 0.15) is 6.04 Å². The van der Waals surface area contributed by atoms with Gasteiger partial charge in [0.05, 0.1) is 13.2 Å². The molecule has 3 fully saturated rings. The van der Waals surface area contributed by atoms with Crippen LogP contribution in [0.4, 0.5) is 18.0 Å². The highest BCUT2D eigenvalue weighted by atomic mass is 19.4. The van der Waals surface area contributed by atoms with Crippen LogP contribution >= 0.6 is 0 Å². The highest BCUT2D eigenvalue weighted by Crippen LogP contribution is 2.32. The third-order valence-corrected chi connectivity index (χ3v) is 5.66. The molecule has 1 N–H and O–H groups in total. The molecule has 3 aliphatic rings. The summed E-state index contributed by atoms with van der Waals surface area (Å²) >= 11 is 0. The zero-order chi connectivity index (χ0) is 21.9. The Morgan fingerprint density at radius 1 is 1.14 bits per heavy atom. The van der Waals surface area contributed by atoms with Crippen molar-refractivity contribution in [2.45, 2.75) is 69.9 Å². The Bertz CT molecular complexity index is 628. The van der Waals surface area contributed by atoms with Crippen molar-refractivity contribution in [3.8, 4) is 0 Å². The molecule has 29 heavy (non-hydrogen) atoms. The van der Waals surface area contributed by atoms with Crippen LogP contribution in [0.5, 0.6) is 0 Å². The molecule has 11 heteroatoms. The molecule has 0 bridgehead atoms. The van der Waals surface area contributed by atoms with E-state index in [1.165, 1.54) is 13.5 Å². The fraction of sp³-hybridized carbons (Fsp3) is 0.833. The second kappa shape index (κ2) is 9.19. The van der Waals surface area contributed by atoms with Gasteiger partial charge in [0, 0.05) is 31.7 Å². The lowest BCUT2D eigenvalue weighted by Gasteiger charge is -2.28. The number of likely N-dealkylation sites (tertiary alicyclic amines) is 1. The first-order chi connectivity index (χ1) is 13.5. The summed E-state index contributed by atoms with van der Waals surface area (Å²) < 4.78 is 36.7. The number of amides is 2. The Balaban J connectivity index is 0.000000370. The van der Waals surface area contributed by atoms with Crippen LogP contribution in [0.3, 0.4) is 0 Å². The van der Waals surface area contributed by atoms with Crippen molar-refractivity contribution in [2.75, 3.05) is 26.7 Å². The quantitative estimate of drug-likeness (QED) is 0.698. The molecule has 3 rings (SSSR count). The molecule has 0 radical (unpaired) electrons. The summed E-state index contributed by atoms with van der Waals surface area (Å²) in [5.74, 6) is -2.94. The molecule has 0 spiro atoms. The number of carboxylic acids is 1. The van der Waals surface area contributed by atoms with Crippen molar-refractivity contribution in [2.24, 2.45) is 0 Å². The average molecular weight is 423 g/mol. The van der Waals surface area contributed by atoms with E-state index in [1.807, 2.05) is 9.80 Å². The second-order valence-electron chi connectivity index (χ2n) is 7.80. The van der Waals surface area contributed by atoms with Crippen LogP contribution in [-0.4, -0.2) is 94.9 Å². The molecule has 3 atom stereocenters. The molecular weight excluding hydrogens is 395 g/mol. The van der Waals surface area contributed by atoms with Crippen molar-refractivity contribution in [1.82, 2.24) is 14.7 Å². The monoisotopic (exact) mass is 423 g/mol. The van der Waals surface area contributed by atoms with Gasteiger partial charge in [-0.1, -0.05) is 0 Å². The third-order valence-electron chi connectivity index (χ3n) is 5.66. The highest BCUT2D eigenvalue weighted by molar-refractivity contribution is 5.79. The van der Waals surface area contributed by atoms with Gasteiger partial charge in [0.2, 0.25) is 0 Å². The van der Waals surface area contributed by atoms with Crippen LogP contribution < -0.4 is 0 Å². The topological polar surface area (TPSA) is 90.4 Å². The van der Waals surface area contributed by atoms with E-state index in [2.05, 4.69) is 18.7 Å². The SMILES string of the molecule is COC(=O)[C@H]1C[C@H](N2C[C@@H]3CCCCN3C2=O)CN1C(C)C.O=C(O)C(F)(F)F. The summed E-state index contributed by atoms with van der Waals surface area (Å²) in [6, 6.07) is 0.731. The summed E-state index contributed by atoms with van der Waals surface area (Å²) in [4.78, 5) is 39.8. The summed E-state index contributed by atoms with van der Waals surface area (Å²) in [5.41, 5.74) is 0. The number of nitrogens with zero attached hydrogens (tertiary/aromatic N) is 3. The predicted octanol–water partition coefficient (Wildman–Crippen LogP) is 1.93. The third kappa shape index (κ3) is 5.31. The maximum Gasteiger partial charge on any atom is 0.490 e.